The van der Waals surface area contributed by atoms with Crippen LogP contribution in [0.5, 0.6) is 5.75 Å². The first-order valence-electron chi connectivity index (χ1n) is 9.87. The molecule has 28 heavy (non-hydrogen) atoms. The molecule has 0 amide bonds. The van der Waals surface area contributed by atoms with Crippen LogP contribution in [0.25, 0.3) is 22.4 Å². The Morgan fingerprint density at radius 3 is 2.32 bits per heavy atom. The average Bonchev–Trinajstić information content (AvgIpc) is 3.23. The molecule has 2 heterocycles. The van der Waals surface area contributed by atoms with Gasteiger partial charge in [0.05, 0.1) is 5.69 Å². The van der Waals surface area contributed by atoms with Crippen molar-refractivity contribution in [1.82, 2.24) is 9.88 Å². The second-order valence-corrected chi connectivity index (χ2v) is 7.34. The molecule has 4 heteroatoms. The third kappa shape index (κ3) is 4.39. The number of likely N-dealkylation sites (tertiary alicyclic amines) is 1. The Morgan fingerprint density at radius 2 is 1.64 bits per heavy atom. The summed E-state index contributed by atoms with van der Waals surface area (Å²) in [6, 6.07) is 17.3. The molecule has 0 aliphatic carbocycles. The van der Waals surface area contributed by atoms with Gasteiger partial charge in [-0.15, -0.1) is 0 Å². The van der Waals surface area contributed by atoms with E-state index in [0.29, 0.717) is 12.4 Å². The Labute approximate surface area is 165 Å². The Kier molecular flexibility index (Phi) is 5.68. The van der Waals surface area contributed by atoms with Gasteiger partial charge in [0, 0.05) is 23.9 Å². The predicted octanol–water partition coefficient (Wildman–Crippen LogP) is 5.34. The van der Waals surface area contributed by atoms with Gasteiger partial charge in [0.25, 0.3) is 0 Å². The zero-order valence-electron chi connectivity index (χ0n) is 16.2. The molecule has 1 aliphatic heterocycles. The van der Waals surface area contributed by atoms with Gasteiger partial charge in [-0.3, -0.25) is 9.88 Å². The molecule has 144 valence electrons. The minimum atomic E-state index is -0.344. The molecule has 3 nitrogen and oxygen atoms in total. The van der Waals surface area contributed by atoms with E-state index in [1.54, 1.807) is 6.07 Å². The lowest BCUT2D eigenvalue weighted by Crippen LogP contribution is -2.25. The molecule has 2 aromatic carbocycles. The van der Waals surface area contributed by atoms with Crippen LogP contribution in [0.15, 0.2) is 60.8 Å². The van der Waals surface area contributed by atoms with Crippen molar-refractivity contribution in [3.63, 3.8) is 0 Å². The lowest BCUT2D eigenvalue weighted by atomic mass is 10.0. The summed E-state index contributed by atoms with van der Waals surface area (Å²) in [5.74, 6) is -0.0393. The predicted molar refractivity (Wildman–Crippen MR) is 111 cm³/mol. The quantitative estimate of drug-likeness (QED) is 0.581. The molecule has 0 radical (unpaired) electrons. The Balaban J connectivity index is 1.42. The lowest BCUT2D eigenvalue weighted by molar-refractivity contribution is 0.231. The molecule has 0 unspecified atom stereocenters. The highest BCUT2D eigenvalue weighted by Crippen LogP contribution is 2.26. The van der Waals surface area contributed by atoms with E-state index in [1.165, 1.54) is 24.5 Å². The highest BCUT2D eigenvalue weighted by Gasteiger charge is 2.12. The Bertz CT molecular complexity index is 916. The first-order chi connectivity index (χ1) is 13.7. The van der Waals surface area contributed by atoms with Gasteiger partial charge in [0.2, 0.25) is 0 Å². The molecule has 1 aromatic heterocycles. The zero-order valence-corrected chi connectivity index (χ0v) is 16.2. The zero-order chi connectivity index (χ0) is 19.3. The number of hydrogen-bond donors (Lipinski definition) is 0. The van der Waals surface area contributed by atoms with Crippen molar-refractivity contribution >= 4 is 0 Å². The van der Waals surface area contributed by atoms with E-state index in [0.717, 1.165) is 42.0 Å². The van der Waals surface area contributed by atoms with Crippen LogP contribution in [-0.2, 0) is 0 Å². The maximum atomic E-state index is 14.5. The van der Waals surface area contributed by atoms with E-state index >= 15 is 0 Å². The highest BCUT2D eigenvalue weighted by atomic mass is 19.1. The average molecular weight is 376 g/mol. The van der Waals surface area contributed by atoms with Crippen LogP contribution in [0, 0.1) is 12.7 Å². The summed E-state index contributed by atoms with van der Waals surface area (Å²) in [7, 11) is 0. The van der Waals surface area contributed by atoms with E-state index in [2.05, 4.69) is 41.1 Å². The number of nitrogens with zero attached hydrogens (tertiary/aromatic N) is 2. The molecular formula is C24H25FN2O. The summed E-state index contributed by atoms with van der Waals surface area (Å²) in [5.41, 5.74) is 4.90. The number of ether oxygens (including phenoxy) is 1. The van der Waals surface area contributed by atoms with Gasteiger partial charge >= 0.3 is 0 Å². The molecule has 4 rings (SSSR count). The Morgan fingerprint density at radius 1 is 0.929 bits per heavy atom. The first kappa shape index (κ1) is 18.6. The fraction of sp³-hybridized carbons (Fsp3) is 0.292. The van der Waals surface area contributed by atoms with Crippen molar-refractivity contribution in [1.29, 1.82) is 0 Å². The van der Waals surface area contributed by atoms with Crippen LogP contribution in [0.2, 0.25) is 0 Å². The van der Waals surface area contributed by atoms with Gasteiger partial charge in [0.1, 0.15) is 6.61 Å². The number of halogens is 1. The van der Waals surface area contributed by atoms with E-state index < -0.39 is 0 Å². The van der Waals surface area contributed by atoms with Crippen molar-refractivity contribution in [2.24, 2.45) is 0 Å². The molecule has 0 N–H and O–H groups in total. The molecule has 0 bridgehead atoms. The third-order valence-electron chi connectivity index (χ3n) is 5.24. The first-order valence-corrected chi connectivity index (χ1v) is 9.87. The Hall–Kier alpha value is -2.72. The summed E-state index contributed by atoms with van der Waals surface area (Å²) in [4.78, 5) is 6.87. The monoisotopic (exact) mass is 376 g/mol. The van der Waals surface area contributed by atoms with Crippen molar-refractivity contribution in [2.45, 2.75) is 19.8 Å². The highest BCUT2D eigenvalue weighted by molar-refractivity contribution is 5.67. The number of benzene rings is 2. The van der Waals surface area contributed by atoms with Crippen molar-refractivity contribution in [2.75, 3.05) is 26.2 Å². The molecule has 0 saturated carbocycles. The van der Waals surface area contributed by atoms with Crippen LogP contribution < -0.4 is 4.74 Å². The van der Waals surface area contributed by atoms with E-state index in [1.807, 2.05) is 24.4 Å². The molecule has 1 saturated heterocycles. The smallest absolute Gasteiger partial charge is 0.165 e. The second kappa shape index (κ2) is 8.53. The van der Waals surface area contributed by atoms with Gasteiger partial charge in [-0.05, 0) is 62.7 Å². The molecular weight excluding hydrogens is 351 g/mol. The van der Waals surface area contributed by atoms with Crippen LogP contribution >= 0.6 is 0 Å². The van der Waals surface area contributed by atoms with Gasteiger partial charge in [-0.2, -0.15) is 0 Å². The standard InChI is InChI=1S/C24H25FN2O/c1-18-4-6-19(7-5-18)21-8-10-23(26-17-21)20-9-11-24(22(25)16-20)28-15-14-27-12-2-3-13-27/h4-11,16-17H,2-3,12-15H2,1H3. The lowest BCUT2D eigenvalue weighted by Gasteiger charge is -2.15. The maximum absolute atomic E-state index is 14.5. The maximum Gasteiger partial charge on any atom is 0.165 e. The van der Waals surface area contributed by atoms with Crippen LogP contribution in [0.4, 0.5) is 4.39 Å². The minimum Gasteiger partial charge on any atom is -0.489 e. The van der Waals surface area contributed by atoms with Crippen LogP contribution in [0.3, 0.4) is 0 Å². The van der Waals surface area contributed by atoms with Crippen LogP contribution in [-0.4, -0.2) is 36.1 Å². The second-order valence-electron chi connectivity index (χ2n) is 7.34. The number of hydrogen-bond acceptors (Lipinski definition) is 3. The largest absolute Gasteiger partial charge is 0.489 e. The van der Waals surface area contributed by atoms with Gasteiger partial charge < -0.3 is 4.74 Å². The van der Waals surface area contributed by atoms with Crippen molar-refractivity contribution in [3.8, 4) is 28.1 Å². The number of rotatable bonds is 6. The topological polar surface area (TPSA) is 25.4 Å². The summed E-state index contributed by atoms with van der Waals surface area (Å²) < 4.78 is 20.1. The fourth-order valence-corrected chi connectivity index (χ4v) is 3.55. The van der Waals surface area contributed by atoms with E-state index in [-0.39, 0.29) is 5.82 Å². The number of pyridine rings is 1. The molecule has 0 spiro atoms. The molecule has 1 fully saturated rings. The van der Waals surface area contributed by atoms with Crippen molar-refractivity contribution < 1.29 is 9.13 Å². The fourth-order valence-electron chi connectivity index (χ4n) is 3.55. The third-order valence-corrected chi connectivity index (χ3v) is 5.24. The van der Waals surface area contributed by atoms with Gasteiger partial charge in [-0.1, -0.05) is 35.9 Å². The SMILES string of the molecule is Cc1ccc(-c2ccc(-c3ccc(OCCN4CCCC4)c(F)c3)nc2)cc1. The number of aryl methyl sites for hydroxylation is 1. The summed E-state index contributed by atoms with van der Waals surface area (Å²) >= 11 is 0. The van der Waals surface area contributed by atoms with Gasteiger partial charge in [-0.25, -0.2) is 4.39 Å². The van der Waals surface area contributed by atoms with Crippen molar-refractivity contribution in [3.05, 3.63) is 72.2 Å². The summed E-state index contributed by atoms with van der Waals surface area (Å²) in [6.45, 7) is 5.67. The van der Waals surface area contributed by atoms with E-state index in [9.17, 15) is 4.39 Å². The summed E-state index contributed by atoms with van der Waals surface area (Å²) in [6.07, 6.45) is 4.33. The normalized spacial score (nSPS) is 14.4. The minimum absolute atomic E-state index is 0.305. The molecule has 0 atom stereocenters. The summed E-state index contributed by atoms with van der Waals surface area (Å²) in [5, 5.41) is 0. The number of aromatic nitrogens is 1. The molecule has 3 aromatic rings. The van der Waals surface area contributed by atoms with E-state index in [4.69, 9.17) is 4.74 Å². The van der Waals surface area contributed by atoms with Crippen LogP contribution in [0.1, 0.15) is 18.4 Å². The van der Waals surface area contributed by atoms with Gasteiger partial charge in [0.15, 0.2) is 11.6 Å². The molecule has 1 aliphatic rings.